The van der Waals surface area contributed by atoms with E-state index in [0.29, 0.717) is 22.4 Å². The summed E-state index contributed by atoms with van der Waals surface area (Å²) in [6.07, 6.45) is 0. The molecule has 1 saturated heterocycles. The summed E-state index contributed by atoms with van der Waals surface area (Å²) in [6.45, 7) is 1.01. The molecule has 0 spiro atoms. The maximum absolute atomic E-state index is 14.6. The monoisotopic (exact) mass is 585 g/mol. The van der Waals surface area contributed by atoms with Crippen molar-refractivity contribution in [2.24, 2.45) is 0 Å². The van der Waals surface area contributed by atoms with Crippen molar-refractivity contribution in [3.8, 4) is 5.75 Å². The Kier molecular flexibility index (Phi) is 7.01. The van der Waals surface area contributed by atoms with E-state index in [0.717, 1.165) is 17.7 Å². The first-order chi connectivity index (χ1) is 16.1. The number of likely N-dealkylation sites (tertiary alicyclic amines) is 1. The summed E-state index contributed by atoms with van der Waals surface area (Å²) in [7, 11) is 0. The van der Waals surface area contributed by atoms with Crippen molar-refractivity contribution >= 4 is 39.9 Å². The second-order valence-electron chi connectivity index (χ2n) is 8.28. The fourth-order valence-corrected chi connectivity index (χ4v) is 4.27. The maximum atomic E-state index is 14.6. The van der Waals surface area contributed by atoms with E-state index in [-0.39, 0.29) is 24.3 Å². The average Bonchev–Trinajstić information content (AvgIpc) is 2.76. The van der Waals surface area contributed by atoms with Crippen LogP contribution >= 0.6 is 22.6 Å². The number of nitrogens with zero attached hydrogens (tertiary/aromatic N) is 1. The third-order valence-corrected chi connectivity index (χ3v) is 6.18. The van der Waals surface area contributed by atoms with Crippen molar-refractivity contribution in [1.82, 2.24) is 10.2 Å². The fraction of sp³-hybridized carbons (Fsp3) is 0.208. The van der Waals surface area contributed by atoms with E-state index in [1.807, 2.05) is 28.7 Å². The lowest BCUT2D eigenvalue weighted by Crippen LogP contribution is -2.67. The Morgan fingerprint density at radius 2 is 1.82 bits per heavy atom. The van der Waals surface area contributed by atoms with Crippen LogP contribution in [0.2, 0.25) is 0 Å². The van der Waals surface area contributed by atoms with E-state index < -0.39 is 34.6 Å². The first-order valence-corrected chi connectivity index (χ1v) is 11.5. The Balaban J connectivity index is 1.43. The van der Waals surface area contributed by atoms with Crippen LogP contribution in [-0.2, 0) is 6.54 Å². The summed E-state index contributed by atoms with van der Waals surface area (Å²) < 4.78 is 43.5. The van der Waals surface area contributed by atoms with Crippen LogP contribution in [0.1, 0.15) is 15.9 Å². The molecule has 1 amide bonds. The molecule has 0 aliphatic carbocycles. The lowest BCUT2D eigenvalue weighted by Gasteiger charge is -2.42. The normalized spacial score (nSPS) is 14.6. The highest BCUT2D eigenvalue weighted by Gasteiger charge is 2.48. The van der Waals surface area contributed by atoms with E-state index in [2.05, 4.69) is 10.6 Å². The number of halogens is 4. The molecule has 0 radical (unpaired) electrons. The van der Waals surface area contributed by atoms with Crippen LogP contribution in [0.25, 0.3) is 0 Å². The second-order valence-corrected chi connectivity index (χ2v) is 9.52. The Labute approximate surface area is 207 Å². The van der Waals surface area contributed by atoms with Gasteiger partial charge in [0.05, 0.1) is 36.6 Å². The molecule has 1 heterocycles. The number of hydrogen-bond donors (Lipinski definition) is 2. The minimum absolute atomic E-state index is 0.0848. The van der Waals surface area contributed by atoms with Crippen molar-refractivity contribution in [1.29, 1.82) is 0 Å². The van der Waals surface area contributed by atoms with Crippen molar-refractivity contribution in [2.75, 3.05) is 25.0 Å². The molecule has 4 rings (SSSR count). The zero-order valence-electron chi connectivity index (χ0n) is 17.9. The Hall–Kier alpha value is -2.83. The zero-order valence-corrected chi connectivity index (χ0v) is 20.0. The molecule has 10 heteroatoms. The minimum Gasteiger partial charge on any atom is -0.593 e. The lowest BCUT2D eigenvalue weighted by molar-refractivity contribution is -0.0787. The Morgan fingerprint density at radius 1 is 1.06 bits per heavy atom. The number of hydrogen-bond acceptors (Lipinski definition) is 3. The number of anilines is 2. The molecule has 0 atom stereocenters. The zero-order chi connectivity index (χ0) is 24.5. The van der Waals surface area contributed by atoms with Crippen LogP contribution in [0.3, 0.4) is 0 Å². The van der Waals surface area contributed by atoms with Crippen molar-refractivity contribution < 1.29 is 28.2 Å². The van der Waals surface area contributed by atoms with Crippen LogP contribution in [0.5, 0.6) is 5.75 Å². The van der Waals surface area contributed by atoms with Crippen molar-refractivity contribution in [3.63, 3.8) is 0 Å². The maximum Gasteiger partial charge on any atom is 0.256 e. The molecule has 178 valence electrons. The number of carbonyl (C=O) groups is 1. The summed E-state index contributed by atoms with van der Waals surface area (Å²) >= 11 is 1.93. The molecule has 0 unspecified atom stereocenters. The van der Waals surface area contributed by atoms with Gasteiger partial charge >= 0.3 is 0 Å². The lowest BCUT2D eigenvalue weighted by atomic mass is 9.92. The van der Waals surface area contributed by atoms with Gasteiger partial charge in [-0.3, -0.25) is 4.79 Å². The number of nitrogens with one attached hydrogen (secondary N) is 2. The van der Waals surface area contributed by atoms with Crippen molar-refractivity contribution in [2.45, 2.75) is 12.1 Å². The topological polar surface area (TPSA) is 90.2 Å². The molecule has 0 saturated carbocycles. The molecule has 6 nitrogen and oxygen atoms in total. The molecule has 1 aliphatic heterocycles. The van der Waals surface area contributed by atoms with Crippen LogP contribution in [0, 0.1) is 21.0 Å². The number of amides is 1. The van der Waals surface area contributed by atoms with E-state index in [1.54, 1.807) is 24.3 Å². The van der Waals surface area contributed by atoms with Gasteiger partial charge in [-0.2, -0.15) is 0 Å². The van der Waals surface area contributed by atoms with Gasteiger partial charge in [0.25, 0.3) is 11.7 Å². The summed E-state index contributed by atoms with van der Waals surface area (Å²) in [5.41, 5.74) is -0.676. The molecule has 34 heavy (non-hydrogen) atoms. The third kappa shape index (κ3) is 5.29. The summed E-state index contributed by atoms with van der Waals surface area (Å²) in [4.78, 5) is 14.4. The predicted molar refractivity (Wildman–Crippen MR) is 132 cm³/mol. The molecular formula is C24H23F3IN3O3+2. The standard InChI is InChI=1S/C24H21F3IN3O3/c25-18-6-5-17(22(21(18)27)30-20-7-4-15(28)9-19(20)26)23(33)31-12-24(34,13-31)11-29-10-14-2-1-3-16(32)8-14/h1-9,29-30,32,34H,10-13H2/p+2. The van der Waals surface area contributed by atoms with Crippen LogP contribution in [0.15, 0.2) is 54.6 Å². The van der Waals surface area contributed by atoms with Gasteiger partial charge in [0, 0.05) is 22.2 Å². The van der Waals surface area contributed by atoms with E-state index >= 15 is 0 Å². The minimum atomic E-state index is -1.28. The molecule has 3 aromatic rings. The predicted octanol–water partition coefficient (Wildman–Crippen LogP) is 3.60. The molecule has 0 aromatic heterocycles. The fourth-order valence-electron chi connectivity index (χ4n) is 3.81. The van der Waals surface area contributed by atoms with Gasteiger partial charge in [0.15, 0.2) is 11.6 Å². The van der Waals surface area contributed by atoms with Crippen LogP contribution in [0.4, 0.5) is 24.5 Å². The highest BCUT2D eigenvalue weighted by atomic mass is 127. The van der Waals surface area contributed by atoms with Gasteiger partial charge < -0.3 is 25.7 Å². The highest BCUT2D eigenvalue weighted by molar-refractivity contribution is 14.1. The van der Waals surface area contributed by atoms with E-state index in [4.69, 9.17) is 10.2 Å². The van der Waals surface area contributed by atoms with Crippen LogP contribution in [-0.4, -0.2) is 46.3 Å². The van der Waals surface area contributed by atoms with Gasteiger partial charge in [-0.15, -0.1) is 0 Å². The molecule has 0 bridgehead atoms. The first kappa shape index (κ1) is 24.3. The quantitative estimate of drug-likeness (QED) is 0.328. The summed E-state index contributed by atoms with van der Waals surface area (Å²) in [5.74, 6) is -3.27. The first-order valence-electron chi connectivity index (χ1n) is 10.4. The second kappa shape index (κ2) is 9.80. The summed E-state index contributed by atoms with van der Waals surface area (Å²) in [6, 6.07) is 13.3. The average molecular weight is 585 g/mol. The number of rotatable bonds is 7. The largest absolute Gasteiger partial charge is 0.593 e. The number of benzene rings is 3. The van der Waals surface area contributed by atoms with Gasteiger partial charge in [0.2, 0.25) is 5.60 Å². The number of carbonyl (C=O) groups excluding carboxylic acids is 1. The van der Waals surface area contributed by atoms with Crippen molar-refractivity contribution in [3.05, 3.63) is 86.7 Å². The van der Waals surface area contributed by atoms with E-state index in [1.165, 1.54) is 17.0 Å². The SMILES string of the molecule is O=C(c1ccc(F)c(F)c1Nc1ccc(I)cc1F)N1CC([OH2+])(CNCc2cccc([OH2+])c2)C1. The molecule has 6 N–H and O–H groups in total. The summed E-state index contributed by atoms with van der Waals surface area (Å²) in [5, 5.41) is 21.9. The van der Waals surface area contributed by atoms with Gasteiger partial charge in [-0.25, -0.2) is 13.2 Å². The molecule has 1 fully saturated rings. The Morgan fingerprint density at radius 3 is 2.53 bits per heavy atom. The van der Waals surface area contributed by atoms with Gasteiger partial charge in [0.1, 0.15) is 5.82 Å². The van der Waals surface area contributed by atoms with Crippen LogP contribution < -0.4 is 10.6 Å². The highest BCUT2D eigenvalue weighted by Crippen LogP contribution is 2.31. The van der Waals surface area contributed by atoms with Gasteiger partial charge in [-0.1, -0.05) is 12.1 Å². The smallest absolute Gasteiger partial charge is 0.256 e. The molecule has 3 aromatic carbocycles. The molecular weight excluding hydrogens is 562 g/mol. The Bertz CT molecular complexity index is 1240. The van der Waals surface area contributed by atoms with Gasteiger partial charge in [-0.05, 0) is 58.5 Å². The third-order valence-electron chi connectivity index (χ3n) is 5.51. The van der Waals surface area contributed by atoms with E-state index in [9.17, 15) is 18.0 Å². The molecule has 1 aliphatic rings.